The molecule has 2 aromatic carbocycles. The molecular formula is C22H26ClN3O2. The minimum atomic E-state index is -0.661. The van der Waals surface area contributed by atoms with Gasteiger partial charge in [-0.1, -0.05) is 30.7 Å². The molecule has 0 radical (unpaired) electrons. The summed E-state index contributed by atoms with van der Waals surface area (Å²) < 4.78 is 0. The van der Waals surface area contributed by atoms with E-state index in [0.29, 0.717) is 23.7 Å². The Kier molecular flexibility index (Phi) is 6.93. The van der Waals surface area contributed by atoms with Gasteiger partial charge in [0.1, 0.15) is 0 Å². The minimum absolute atomic E-state index is 0.374. The van der Waals surface area contributed by atoms with Gasteiger partial charge in [-0.3, -0.25) is 9.59 Å². The van der Waals surface area contributed by atoms with Gasteiger partial charge in [0.2, 0.25) is 0 Å². The molecule has 2 aromatic rings. The first kappa shape index (κ1) is 20.2. The molecule has 5 nitrogen and oxygen atoms in total. The van der Waals surface area contributed by atoms with E-state index in [9.17, 15) is 9.59 Å². The number of anilines is 2. The van der Waals surface area contributed by atoms with Crippen LogP contribution >= 0.6 is 11.6 Å². The first-order chi connectivity index (χ1) is 13.5. The summed E-state index contributed by atoms with van der Waals surface area (Å²) in [6.07, 6.45) is 3.02. The Labute approximate surface area is 171 Å². The van der Waals surface area contributed by atoms with E-state index in [0.717, 1.165) is 30.3 Å². The van der Waals surface area contributed by atoms with E-state index in [-0.39, 0.29) is 0 Å². The highest BCUT2D eigenvalue weighted by molar-refractivity contribution is 6.39. The molecule has 1 aliphatic rings. The van der Waals surface area contributed by atoms with Crippen molar-refractivity contribution < 1.29 is 9.59 Å². The number of carbonyl (C=O) groups is 2. The highest BCUT2D eigenvalue weighted by atomic mass is 35.5. The average Bonchev–Trinajstić information content (AvgIpc) is 2.69. The monoisotopic (exact) mass is 399 g/mol. The van der Waals surface area contributed by atoms with Crippen molar-refractivity contribution >= 4 is 34.8 Å². The maximum atomic E-state index is 12.1. The number of hydrogen-bond donors (Lipinski definition) is 2. The van der Waals surface area contributed by atoms with Crippen LogP contribution in [0.15, 0.2) is 48.5 Å². The summed E-state index contributed by atoms with van der Waals surface area (Å²) in [7, 11) is 0. The molecule has 6 heteroatoms. The fraction of sp³-hybridized carbons (Fsp3) is 0.364. The van der Waals surface area contributed by atoms with Crippen molar-refractivity contribution in [3.8, 4) is 0 Å². The summed E-state index contributed by atoms with van der Waals surface area (Å²) in [4.78, 5) is 26.4. The van der Waals surface area contributed by atoms with Crippen molar-refractivity contribution in [3.63, 3.8) is 0 Å². The highest BCUT2D eigenvalue weighted by Gasteiger charge is 2.17. The molecule has 1 heterocycles. The molecule has 0 bridgehead atoms. The zero-order valence-electron chi connectivity index (χ0n) is 16.1. The number of amides is 2. The smallest absolute Gasteiger partial charge is 0.313 e. The lowest BCUT2D eigenvalue weighted by molar-refractivity contribution is -0.136. The fourth-order valence-electron chi connectivity index (χ4n) is 3.30. The van der Waals surface area contributed by atoms with E-state index < -0.39 is 11.8 Å². The van der Waals surface area contributed by atoms with Crippen LogP contribution in [0.1, 0.15) is 25.3 Å². The Balaban J connectivity index is 1.45. The quantitative estimate of drug-likeness (QED) is 0.750. The second-order valence-electron chi connectivity index (χ2n) is 7.31. The normalized spacial score (nSPS) is 14.6. The number of nitrogens with zero attached hydrogens (tertiary/aromatic N) is 1. The van der Waals surface area contributed by atoms with Gasteiger partial charge in [-0.25, -0.2) is 0 Å². The van der Waals surface area contributed by atoms with Crippen molar-refractivity contribution in [2.75, 3.05) is 29.9 Å². The molecule has 1 saturated heterocycles. The van der Waals surface area contributed by atoms with E-state index in [2.05, 4.69) is 22.5 Å². The van der Waals surface area contributed by atoms with Crippen LogP contribution in [0.2, 0.25) is 5.02 Å². The molecule has 0 saturated carbocycles. The number of piperidine rings is 1. The summed E-state index contributed by atoms with van der Waals surface area (Å²) in [5.74, 6) is -0.519. The number of hydrogen-bond acceptors (Lipinski definition) is 3. The summed E-state index contributed by atoms with van der Waals surface area (Å²) in [6.45, 7) is 4.78. The zero-order chi connectivity index (χ0) is 19.9. The molecule has 2 N–H and O–H groups in total. The van der Waals surface area contributed by atoms with Gasteiger partial charge in [0.25, 0.3) is 0 Å². The van der Waals surface area contributed by atoms with Crippen LogP contribution in [0.4, 0.5) is 11.4 Å². The largest absolute Gasteiger partial charge is 0.372 e. The second kappa shape index (κ2) is 9.60. The minimum Gasteiger partial charge on any atom is -0.372 e. The van der Waals surface area contributed by atoms with Crippen LogP contribution in [0.3, 0.4) is 0 Å². The van der Waals surface area contributed by atoms with Gasteiger partial charge in [0, 0.05) is 36.0 Å². The van der Waals surface area contributed by atoms with Crippen molar-refractivity contribution in [2.24, 2.45) is 5.92 Å². The third-order valence-corrected chi connectivity index (χ3v) is 5.30. The topological polar surface area (TPSA) is 61.4 Å². The third kappa shape index (κ3) is 5.73. The number of carbonyl (C=O) groups excluding carboxylic acids is 2. The van der Waals surface area contributed by atoms with Crippen molar-refractivity contribution in [2.45, 2.75) is 26.2 Å². The Morgan fingerprint density at radius 2 is 1.79 bits per heavy atom. The van der Waals surface area contributed by atoms with Crippen LogP contribution < -0.4 is 15.5 Å². The van der Waals surface area contributed by atoms with Crippen molar-refractivity contribution in [1.29, 1.82) is 0 Å². The van der Waals surface area contributed by atoms with Gasteiger partial charge >= 0.3 is 11.8 Å². The fourth-order valence-corrected chi connectivity index (χ4v) is 3.52. The highest BCUT2D eigenvalue weighted by Crippen LogP contribution is 2.24. The first-order valence-electron chi connectivity index (χ1n) is 9.70. The van der Waals surface area contributed by atoms with Gasteiger partial charge in [-0.15, -0.1) is 0 Å². The van der Waals surface area contributed by atoms with Gasteiger partial charge in [-0.2, -0.15) is 0 Å². The molecular weight excluding hydrogens is 374 g/mol. The number of halogens is 1. The van der Waals surface area contributed by atoms with E-state index in [1.807, 2.05) is 42.5 Å². The Hall–Kier alpha value is -2.53. The zero-order valence-corrected chi connectivity index (χ0v) is 16.8. The molecule has 0 unspecified atom stereocenters. The molecule has 0 atom stereocenters. The van der Waals surface area contributed by atoms with Crippen molar-refractivity contribution in [1.82, 2.24) is 5.32 Å². The van der Waals surface area contributed by atoms with E-state index in [1.165, 1.54) is 12.8 Å². The van der Waals surface area contributed by atoms with E-state index in [1.54, 1.807) is 6.07 Å². The first-order valence-corrected chi connectivity index (χ1v) is 10.1. The lowest BCUT2D eigenvalue weighted by Crippen LogP contribution is -2.36. The molecule has 1 fully saturated rings. The second-order valence-corrected chi connectivity index (χ2v) is 7.74. The average molecular weight is 400 g/mol. The molecule has 1 aliphatic heterocycles. The Bertz CT molecular complexity index is 815. The van der Waals surface area contributed by atoms with Crippen LogP contribution in [0.5, 0.6) is 0 Å². The van der Waals surface area contributed by atoms with Gasteiger partial charge in [0.15, 0.2) is 0 Å². The predicted molar refractivity (Wildman–Crippen MR) is 114 cm³/mol. The number of nitrogens with one attached hydrogen (secondary N) is 2. The van der Waals surface area contributed by atoms with Crippen molar-refractivity contribution in [3.05, 3.63) is 59.1 Å². The maximum Gasteiger partial charge on any atom is 0.313 e. The predicted octanol–water partition coefficient (Wildman–Crippen LogP) is 3.87. The van der Waals surface area contributed by atoms with Crippen LogP contribution in [-0.2, 0) is 16.0 Å². The standard InChI is InChI=1S/C22H26ClN3O2/c1-16-10-13-26(14-11-16)20-7-5-19(6-8-20)25-22(28)21(27)24-12-9-17-3-2-4-18(23)15-17/h2-8,15-16H,9-14H2,1H3,(H,24,27)(H,25,28). The number of benzene rings is 2. The summed E-state index contributed by atoms with van der Waals surface area (Å²) in [5, 5.41) is 5.94. The molecule has 148 valence electrons. The molecule has 3 rings (SSSR count). The third-order valence-electron chi connectivity index (χ3n) is 5.07. The maximum absolute atomic E-state index is 12.1. The molecule has 0 spiro atoms. The summed E-state index contributed by atoms with van der Waals surface area (Å²) in [6, 6.07) is 15.1. The van der Waals surface area contributed by atoms with Gasteiger partial charge in [0.05, 0.1) is 0 Å². The molecule has 0 aliphatic carbocycles. The Morgan fingerprint density at radius 1 is 1.07 bits per heavy atom. The lowest BCUT2D eigenvalue weighted by Gasteiger charge is -2.32. The Morgan fingerprint density at radius 3 is 2.46 bits per heavy atom. The van der Waals surface area contributed by atoms with Crippen LogP contribution in [0, 0.1) is 5.92 Å². The van der Waals surface area contributed by atoms with E-state index in [4.69, 9.17) is 11.6 Å². The molecule has 2 amide bonds. The number of rotatable bonds is 5. The van der Waals surface area contributed by atoms with Crippen LogP contribution in [-0.4, -0.2) is 31.4 Å². The summed E-state index contributed by atoms with van der Waals surface area (Å²) in [5.41, 5.74) is 2.77. The summed E-state index contributed by atoms with van der Waals surface area (Å²) >= 11 is 5.94. The lowest BCUT2D eigenvalue weighted by atomic mass is 9.99. The SMILES string of the molecule is CC1CCN(c2ccc(NC(=O)C(=O)NCCc3cccc(Cl)c3)cc2)CC1. The van der Waals surface area contributed by atoms with Gasteiger partial charge in [-0.05, 0) is 67.1 Å². The molecule has 28 heavy (non-hydrogen) atoms. The van der Waals surface area contributed by atoms with Gasteiger partial charge < -0.3 is 15.5 Å². The molecule has 0 aromatic heterocycles. The van der Waals surface area contributed by atoms with Crippen LogP contribution in [0.25, 0.3) is 0 Å². The van der Waals surface area contributed by atoms with E-state index >= 15 is 0 Å².